The number of fused-ring (bicyclic) bond motifs is 1. The predicted octanol–water partition coefficient (Wildman–Crippen LogP) is 0.111. The Labute approximate surface area is 149 Å². The highest BCUT2D eigenvalue weighted by Crippen LogP contribution is 2.54. The van der Waals surface area contributed by atoms with Crippen molar-refractivity contribution in [2.75, 3.05) is 0 Å². The Kier molecular flexibility index (Phi) is 5.30. The molecule has 1 heterocycles. The minimum absolute atomic E-state index is 0. The van der Waals surface area contributed by atoms with Gasteiger partial charge < -0.3 is 25.1 Å². The molecule has 2 aromatic rings. The van der Waals surface area contributed by atoms with Gasteiger partial charge >= 0.3 is 18.7 Å². The van der Waals surface area contributed by atoms with Crippen LogP contribution in [0.25, 0.3) is 11.0 Å². The Bertz CT molecular complexity index is 997. The number of hydrogen-bond donors (Lipinski definition) is 5. The summed E-state index contributed by atoms with van der Waals surface area (Å²) in [6.45, 7) is 0.0430. The summed E-state index contributed by atoms with van der Waals surface area (Å²) in [4.78, 5) is 56.0. The number of benzene rings is 1. The van der Waals surface area contributed by atoms with Gasteiger partial charge in [0.2, 0.25) is 0 Å². The lowest BCUT2D eigenvalue weighted by molar-refractivity contribution is -0.384. The van der Waals surface area contributed by atoms with Gasteiger partial charge in [0, 0.05) is 24.7 Å². The fourth-order valence-corrected chi connectivity index (χ4v) is 3.62. The quantitative estimate of drug-likeness (QED) is 0.189. The van der Waals surface area contributed by atoms with E-state index in [4.69, 9.17) is 9.79 Å². The summed E-state index contributed by atoms with van der Waals surface area (Å²) < 4.78 is 11.1. The lowest BCUT2D eigenvalue weighted by Gasteiger charge is -2.08. The largest absolute Gasteiger partial charge is 0.330 e. The molecule has 11 nitrogen and oxygen atoms in total. The van der Waals surface area contributed by atoms with Gasteiger partial charge in [-0.2, -0.15) is 0 Å². The van der Waals surface area contributed by atoms with Crippen LogP contribution < -0.4 is 16.4 Å². The Balaban J connectivity index is 0.00000225. The normalized spacial score (nSPS) is 19.4. The van der Waals surface area contributed by atoms with Gasteiger partial charge in [0.05, 0.1) is 21.6 Å². The van der Waals surface area contributed by atoms with E-state index in [1.807, 2.05) is 0 Å². The maximum atomic E-state index is 11.5. The Morgan fingerprint density at radius 3 is 2.48 bits per heavy atom. The van der Waals surface area contributed by atoms with Crippen LogP contribution in [-0.2, 0) is 11.1 Å². The second-order valence-corrected chi connectivity index (χ2v) is 7.41. The molecule has 1 aliphatic rings. The first-order valence-electron chi connectivity index (χ1n) is 6.89. The van der Waals surface area contributed by atoms with E-state index in [0.29, 0.717) is 12.0 Å². The molecule has 13 heteroatoms. The molecule has 0 amide bonds. The van der Waals surface area contributed by atoms with Crippen molar-refractivity contribution in [1.82, 2.24) is 15.3 Å². The monoisotopic (exact) mass is 436 g/mol. The van der Waals surface area contributed by atoms with Crippen molar-refractivity contribution in [3.05, 3.63) is 48.5 Å². The average Bonchev–Trinajstić information content (AvgIpc) is 3.25. The number of halogens is 1. The first-order chi connectivity index (χ1) is 11.2. The van der Waals surface area contributed by atoms with E-state index < -0.39 is 35.3 Å². The van der Waals surface area contributed by atoms with Crippen LogP contribution in [0.5, 0.6) is 0 Å². The fraction of sp³-hybridized carbons (Fsp3) is 0.333. The van der Waals surface area contributed by atoms with Crippen LogP contribution in [0.3, 0.4) is 0 Å². The Morgan fingerprint density at radius 2 is 1.92 bits per heavy atom. The zero-order valence-corrected chi connectivity index (χ0v) is 15.1. The first kappa shape index (κ1) is 19.5. The number of aromatic amines is 2. The van der Waals surface area contributed by atoms with Crippen molar-refractivity contribution >= 4 is 41.3 Å². The highest BCUT2D eigenvalue weighted by molar-refractivity contribution is 8.93. The topological polar surface area (TPSA) is 178 Å². The van der Waals surface area contributed by atoms with E-state index in [-0.39, 0.29) is 40.2 Å². The zero-order chi connectivity index (χ0) is 17.6. The van der Waals surface area contributed by atoms with Crippen molar-refractivity contribution in [3.63, 3.8) is 0 Å². The van der Waals surface area contributed by atoms with Crippen LogP contribution >= 0.6 is 24.6 Å². The second-order valence-electron chi connectivity index (χ2n) is 5.57. The summed E-state index contributed by atoms with van der Waals surface area (Å²) in [5, 5.41) is 13.9. The Hall–Kier alpha value is -1.85. The van der Waals surface area contributed by atoms with Crippen LogP contribution in [0.15, 0.2) is 21.7 Å². The molecule has 2 unspecified atom stereocenters. The van der Waals surface area contributed by atoms with Gasteiger partial charge in [0.1, 0.15) is 0 Å². The molecule has 25 heavy (non-hydrogen) atoms. The molecular formula is C12H14BrN4O7P. The molecule has 1 saturated carbocycles. The van der Waals surface area contributed by atoms with Crippen molar-refractivity contribution in [2.45, 2.75) is 24.7 Å². The van der Waals surface area contributed by atoms with Gasteiger partial charge in [-0.1, -0.05) is 0 Å². The van der Waals surface area contributed by atoms with Crippen LogP contribution in [0.1, 0.15) is 12.0 Å². The maximum Gasteiger partial charge on any atom is 0.330 e. The molecule has 2 atom stereocenters. The number of aromatic nitrogens is 2. The van der Waals surface area contributed by atoms with Crippen LogP contribution in [0.2, 0.25) is 0 Å². The highest BCUT2D eigenvalue weighted by atomic mass is 79.9. The first-order valence-corrected chi connectivity index (χ1v) is 8.57. The van der Waals surface area contributed by atoms with Crippen LogP contribution in [-0.4, -0.2) is 36.4 Å². The third-order valence-electron chi connectivity index (χ3n) is 3.85. The number of nitro groups is 1. The molecule has 0 aliphatic heterocycles. The maximum absolute atomic E-state index is 11.5. The van der Waals surface area contributed by atoms with Crippen molar-refractivity contribution in [3.8, 4) is 0 Å². The summed E-state index contributed by atoms with van der Waals surface area (Å²) in [6, 6.07) is 1.96. The summed E-state index contributed by atoms with van der Waals surface area (Å²) in [5.74, 6) is 0. The number of rotatable bonds is 5. The second kappa shape index (κ2) is 6.81. The number of nitrogens with zero attached hydrogens (tertiary/aromatic N) is 1. The van der Waals surface area contributed by atoms with Crippen LogP contribution in [0.4, 0.5) is 5.69 Å². The number of non-ortho nitro benzene ring substituents is 1. The van der Waals surface area contributed by atoms with E-state index in [1.54, 1.807) is 0 Å². The van der Waals surface area contributed by atoms with E-state index >= 15 is 0 Å². The van der Waals surface area contributed by atoms with E-state index in [9.17, 15) is 24.3 Å². The molecule has 0 bridgehead atoms. The van der Waals surface area contributed by atoms with Gasteiger partial charge in [-0.25, -0.2) is 0 Å². The van der Waals surface area contributed by atoms with Crippen LogP contribution in [0, 0.1) is 10.1 Å². The van der Waals surface area contributed by atoms with E-state index in [2.05, 4.69) is 15.3 Å². The molecule has 0 saturated heterocycles. The van der Waals surface area contributed by atoms with E-state index in [0.717, 1.165) is 6.07 Å². The molecule has 3 rings (SSSR count). The zero-order valence-electron chi connectivity index (χ0n) is 12.5. The smallest absolute Gasteiger partial charge is 0.324 e. The average molecular weight is 437 g/mol. The molecule has 136 valence electrons. The molecular weight excluding hydrogens is 423 g/mol. The summed E-state index contributed by atoms with van der Waals surface area (Å²) in [5.41, 5.74) is -2.20. The molecule has 1 aliphatic carbocycles. The molecule has 0 spiro atoms. The summed E-state index contributed by atoms with van der Waals surface area (Å²) in [6.07, 6.45) is 0.296. The standard InChI is InChI=1S/C12H13N4O7P.BrH/c17-11-12(18)15-10-5(1-6(16(19)20)2-8(10)14-11)4-13-7-3-9(7)24(21,22)23;/h1-2,7,9,13H,3-4H2,(H,14,17)(H,15,18)(H2,21,22,23);1H. The van der Waals surface area contributed by atoms with Crippen molar-refractivity contribution in [1.29, 1.82) is 0 Å². The predicted molar refractivity (Wildman–Crippen MR) is 93.2 cm³/mol. The SMILES string of the molecule is Br.O=c1[nH]c2cc([N+](=O)[O-])cc(CNC3CC3P(=O)(O)O)c2[nH]c1=O. The number of nitro benzene ring substituents is 1. The van der Waals surface area contributed by atoms with Gasteiger partial charge in [-0.15, -0.1) is 17.0 Å². The number of H-pyrrole nitrogens is 2. The Morgan fingerprint density at radius 1 is 1.28 bits per heavy atom. The summed E-state index contributed by atoms with van der Waals surface area (Å²) >= 11 is 0. The van der Waals surface area contributed by atoms with Crippen molar-refractivity contribution < 1.29 is 19.3 Å². The van der Waals surface area contributed by atoms with Gasteiger partial charge in [-0.3, -0.25) is 24.3 Å². The van der Waals surface area contributed by atoms with Gasteiger partial charge in [-0.05, 0) is 12.0 Å². The minimum atomic E-state index is -4.17. The highest BCUT2D eigenvalue weighted by Gasteiger charge is 2.49. The third-order valence-corrected chi connectivity index (χ3v) is 5.29. The molecule has 1 aromatic heterocycles. The molecule has 0 radical (unpaired) electrons. The lowest BCUT2D eigenvalue weighted by atomic mass is 10.1. The number of hydrogen-bond acceptors (Lipinski definition) is 6. The fourth-order valence-electron chi connectivity index (χ4n) is 2.54. The summed E-state index contributed by atoms with van der Waals surface area (Å²) in [7, 11) is -4.17. The molecule has 1 fully saturated rings. The lowest BCUT2D eigenvalue weighted by Crippen LogP contribution is -2.29. The van der Waals surface area contributed by atoms with Gasteiger partial charge in [0.15, 0.2) is 0 Å². The number of nitrogens with one attached hydrogen (secondary N) is 3. The van der Waals surface area contributed by atoms with Gasteiger partial charge in [0.25, 0.3) is 5.69 Å². The third kappa shape index (κ3) is 4.05. The molecule has 1 aromatic carbocycles. The minimum Gasteiger partial charge on any atom is -0.324 e. The van der Waals surface area contributed by atoms with E-state index in [1.165, 1.54) is 6.07 Å². The molecule has 5 N–H and O–H groups in total. The van der Waals surface area contributed by atoms with Crippen molar-refractivity contribution in [2.24, 2.45) is 0 Å².